The number of hydrogen-bond acceptors (Lipinski definition) is 8. The van der Waals surface area contributed by atoms with Gasteiger partial charge in [-0.25, -0.2) is 19.4 Å². The van der Waals surface area contributed by atoms with Crippen molar-refractivity contribution in [1.29, 1.82) is 0 Å². The molecule has 0 saturated heterocycles. The van der Waals surface area contributed by atoms with E-state index in [1.54, 1.807) is 18.4 Å². The van der Waals surface area contributed by atoms with Crippen LogP contribution in [0.4, 0.5) is 4.79 Å². The van der Waals surface area contributed by atoms with Gasteiger partial charge in [-0.15, -0.1) is 11.3 Å². The molecule has 4 heterocycles. The average Bonchev–Trinajstić information content (AvgIpc) is 3.36. The lowest BCUT2D eigenvalue weighted by Gasteiger charge is -2.28. The van der Waals surface area contributed by atoms with Crippen LogP contribution < -0.4 is 16.2 Å². The maximum atomic E-state index is 12.9. The number of esters is 2. The van der Waals surface area contributed by atoms with Gasteiger partial charge < -0.3 is 20.1 Å². The van der Waals surface area contributed by atoms with Gasteiger partial charge in [0.15, 0.2) is 0 Å². The fraction of sp³-hybridized carbons (Fsp3) is 0.476. The number of urea groups is 1. The van der Waals surface area contributed by atoms with E-state index in [2.05, 4.69) is 15.6 Å². The summed E-state index contributed by atoms with van der Waals surface area (Å²) < 4.78 is 12.2. The van der Waals surface area contributed by atoms with E-state index in [1.165, 1.54) is 0 Å². The predicted molar refractivity (Wildman–Crippen MR) is 117 cm³/mol. The molecule has 2 amide bonds. The number of aryl methyl sites for hydroxylation is 2. The molecule has 0 aromatic carbocycles. The number of aromatic nitrogens is 2. The number of thiophene rings is 1. The van der Waals surface area contributed by atoms with Gasteiger partial charge in [-0.2, -0.15) is 0 Å². The molecule has 11 heteroatoms. The Bertz CT molecular complexity index is 1210. The maximum absolute atomic E-state index is 12.9. The molecular weight excluding hydrogens is 436 g/mol. The van der Waals surface area contributed by atoms with Crippen molar-refractivity contribution in [3.8, 4) is 0 Å². The smallest absolute Gasteiger partial charge is 0.349 e. The molecule has 32 heavy (non-hydrogen) atoms. The molecule has 0 fully saturated rings. The topological polar surface area (TPSA) is 129 Å². The van der Waals surface area contributed by atoms with Crippen LogP contribution in [-0.2, 0) is 27.2 Å². The first-order chi connectivity index (χ1) is 15.3. The van der Waals surface area contributed by atoms with Gasteiger partial charge in [0.25, 0.3) is 5.56 Å². The number of nitrogens with zero attached hydrogens (tertiary/aromatic N) is 2. The van der Waals surface area contributed by atoms with Crippen LogP contribution >= 0.6 is 11.3 Å². The van der Waals surface area contributed by atoms with Crippen molar-refractivity contribution in [3.05, 3.63) is 37.9 Å². The van der Waals surface area contributed by atoms with Gasteiger partial charge in [-0.1, -0.05) is 6.92 Å². The highest BCUT2D eigenvalue weighted by atomic mass is 32.1. The summed E-state index contributed by atoms with van der Waals surface area (Å²) in [6, 6.07) is -1.03. The second-order valence-corrected chi connectivity index (χ2v) is 8.57. The molecule has 2 N–H and O–H groups in total. The van der Waals surface area contributed by atoms with Crippen LogP contribution in [0.25, 0.3) is 10.2 Å². The average molecular weight is 461 g/mol. The Balaban J connectivity index is 1.62. The molecule has 0 spiro atoms. The molecule has 2 aromatic rings. The molecule has 10 nitrogen and oxygen atoms in total. The number of rotatable bonds is 6. The Morgan fingerprint density at radius 3 is 2.72 bits per heavy atom. The van der Waals surface area contributed by atoms with E-state index >= 15 is 0 Å². The highest BCUT2D eigenvalue weighted by Gasteiger charge is 2.32. The van der Waals surface area contributed by atoms with Crippen LogP contribution in [0.5, 0.6) is 0 Å². The van der Waals surface area contributed by atoms with E-state index in [0.29, 0.717) is 28.7 Å². The van der Waals surface area contributed by atoms with Crippen LogP contribution in [0, 0.1) is 6.92 Å². The fourth-order valence-electron chi connectivity index (χ4n) is 4.05. The molecule has 2 aliphatic heterocycles. The monoisotopic (exact) mass is 460 g/mol. The lowest BCUT2D eigenvalue weighted by molar-refractivity contribution is -0.139. The minimum atomic E-state index is -0.647. The van der Waals surface area contributed by atoms with Crippen molar-refractivity contribution in [3.63, 3.8) is 0 Å². The summed E-state index contributed by atoms with van der Waals surface area (Å²) in [7, 11) is 0. The zero-order valence-electron chi connectivity index (χ0n) is 18.1. The third-order valence-corrected chi connectivity index (χ3v) is 6.76. The van der Waals surface area contributed by atoms with E-state index in [9.17, 15) is 19.2 Å². The number of nitrogens with one attached hydrogen (secondary N) is 2. The van der Waals surface area contributed by atoms with Gasteiger partial charge in [-0.05, 0) is 32.3 Å². The Morgan fingerprint density at radius 2 is 2.00 bits per heavy atom. The molecule has 0 saturated carbocycles. The molecule has 0 radical (unpaired) electrons. The van der Waals surface area contributed by atoms with Crippen LogP contribution in [0.2, 0.25) is 0 Å². The Labute approximate surface area is 187 Å². The highest BCUT2D eigenvalue weighted by Crippen LogP contribution is 2.29. The lowest BCUT2D eigenvalue weighted by Crippen LogP contribution is -2.51. The van der Waals surface area contributed by atoms with Crippen molar-refractivity contribution < 1.29 is 23.9 Å². The van der Waals surface area contributed by atoms with Crippen molar-refractivity contribution >= 4 is 39.5 Å². The van der Waals surface area contributed by atoms with E-state index in [-0.39, 0.29) is 34.9 Å². The molecule has 0 aliphatic carbocycles. The largest absolute Gasteiger partial charge is 0.463 e. The zero-order chi connectivity index (χ0) is 23.0. The van der Waals surface area contributed by atoms with E-state index in [1.807, 2.05) is 6.92 Å². The van der Waals surface area contributed by atoms with Crippen molar-refractivity contribution in [1.82, 2.24) is 20.2 Å². The van der Waals surface area contributed by atoms with E-state index < -0.39 is 24.0 Å². The number of ether oxygens (including phenoxy) is 2. The summed E-state index contributed by atoms with van der Waals surface area (Å²) in [6.07, 6.45) is 2.08. The first kappa shape index (κ1) is 22.0. The van der Waals surface area contributed by atoms with Crippen molar-refractivity contribution in [2.45, 2.75) is 52.6 Å². The first-order valence-corrected chi connectivity index (χ1v) is 11.3. The summed E-state index contributed by atoms with van der Waals surface area (Å²) in [5.41, 5.74) is 0.795. The van der Waals surface area contributed by atoms with E-state index in [4.69, 9.17) is 9.47 Å². The molecule has 0 bridgehead atoms. The summed E-state index contributed by atoms with van der Waals surface area (Å²) in [5, 5.41) is 5.64. The van der Waals surface area contributed by atoms with Crippen molar-refractivity contribution in [2.75, 3.05) is 13.2 Å². The minimum absolute atomic E-state index is 0.140. The number of fused-ring (bicyclic) bond motifs is 2. The van der Waals surface area contributed by atoms with Gasteiger partial charge >= 0.3 is 18.0 Å². The van der Waals surface area contributed by atoms with Crippen LogP contribution in [0.3, 0.4) is 0 Å². The predicted octanol–water partition coefficient (Wildman–Crippen LogP) is 1.78. The van der Waals surface area contributed by atoms with Crippen LogP contribution in [0.1, 0.15) is 47.7 Å². The lowest BCUT2D eigenvalue weighted by atomic mass is 10.0. The Hall–Kier alpha value is -3.21. The SMILES string of the molecule is CCOC(=O)C1=C(COC(=O)c2sc3nc4n(c(=O)c3c2C)CCC4)NC(=O)NC1CC. The Kier molecular flexibility index (Phi) is 6.00. The Morgan fingerprint density at radius 1 is 1.22 bits per heavy atom. The zero-order valence-corrected chi connectivity index (χ0v) is 18.9. The minimum Gasteiger partial charge on any atom is -0.463 e. The maximum Gasteiger partial charge on any atom is 0.349 e. The van der Waals surface area contributed by atoms with Gasteiger partial charge in [0, 0.05) is 13.0 Å². The van der Waals surface area contributed by atoms with Crippen LogP contribution in [-0.4, -0.2) is 46.8 Å². The first-order valence-electron chi connectivity index (χ1n) is 10.5. The van der Waals surface area contributed by atoms with Gasteiger partial charge in [0.2, 0.25) is 0 Å². The highest BCUT2D eigenvalue weighted by molar-refractivity contribution is 7.20. The third-order valence-electron chi connectivity index (χ3n) is 5.59. The molecule has 4 rings (SSSR count). The summed E-state index contributed by atoms with van der Waals surface area (Å²) in [5.74, 6) is -0.495. The molecule has 2 aliphatic rings. The number of carbonyl (C=O) groups excluding carboxylic acids is 3. The summed E-state index contributed by atoms with van der Waals surface area (Å²) in [6.45, 7) is 5.69. The second-order valence-electron chi connectivity index (χ2n) is 7.57. The summed E-state index contributed by atoms with van der Waals surface area (Å²) >= 11 is 1.11. The number of amides is 2. The molecule has 170 valence electrons. The van der Waals surface area contributed by atoms with Crippen molar-refractivity contribution in [2.24, 2.45) is 0 Å². The number of hydrogen-bond donors (Lipinski definition) is 2. The number of carbonyl (C=O) groups is 3. The van der Waals surface area contributed by atoms with Gasteiger partial charge in [-0.3, -0.25) is 9.36 Å². The molecular formula is C21H24N4O6S. The molecule has 1 atom stereocenters. The standard InChI is InChI=1S/C21H24N4O6S/c1-4-11-15(19(27)30-5-2)12(23-21(29)22-11)9-31-20(28)16-10(3)14-17(32-16)24-13-7-6-8-25(13)18(14)26/h11H,4-9H2,1-3H3,(H2,22,23,29). The quantitative estimate of drug-likeness (QED) is 0.629. The van der Waals surface area contributed by atoms with Crippen LogP contribution in [0.15, 0.2) is 16.1 Å². The molecule has 2 aromatic heterocycles. The van der Waals surface area contributed by atoms with Gasteiger partial charge in [0.05, 0.1) is 29.3 Å². The second kappa shape index (κ2) is 8.73. The normalized spacial score (nSPS) is 17.7. The van der Waals surface area contributed by atoms with Gasteiger partial charge in [0.1, 0.15) is 22.1 Å². The van der Waals surface area contributed by atoms with E-state index in [0.717, 1.165) is 30.0 Å². The summed E-state index contributed by atoms with van der Waals surface area (Å²) in [4.78, 5) is 55.5. The third kappa shape index (κ3) is 3.77. The molecule has 1 unspecified atom stereocenters. The fourth-order valence-corrected chi connectivity index (χ4v) is 5.13.